The number of hydrogen-bond donors (Lipinski definition) is 0. The number of benzene rings is 1. The van der Waals surface area contributed by atoms with Gasteiger partial charge >= 0.3 is 5.97 Å². The zero-order valence-corrected chi connectivity index (χ0v) is 24.1. The van der Waals surface area contributed by atoms with Crippen LogP contribution in [0.3, 0.4) is 0 Å². The minimum absolute atomic E-state index is 0.00131. The van der Waals surface area contributed by atoms with Crippen molar-refractivity contribution in [1.82, 2.24) is 0 Å². The molecule has 1 aromatic rings. The fraction of sp³-hybridized carbons (Fsp3) is 0.700. The van der Waals surface area contributed by atoms with Crippen LogP contribution in [-0.2, 0) is 9.16 Å². The molecule has 0 radical (unpaired) electrons. The molecule has 1 aromatic carbocycles. The Bertz CT molecular complexity index is 854. The Balaban J connectivity index is 1.89. The Labute approximate surface area is 209 Å². The molecule has 2 fully saturated rings. The highest BCUT2D eigenvalue weighted by atomic mass is 28.4. The normalized spacial score (nSPS) is 32.7. The summed E-state index contributed by atoms with van der Waals surface area (Å²) in [4.78, 5) is 13.0. The van der Waals surface area contributed by atoms with Crippen molar-refractivity contribution in [2.75, 3.05) is 6.61 Å². The van der Waals surface area contributed by atoms with Crippen LogP contribution in [0, 0.1) is 35.5 Å². The molecule has 7 atom stereocenters. The van der Waals surface area contributed by atoms with E-state index >= 15 is 0 Å². The number of hydrogen-bond acceptors (Lipinski definition) is 3. The average molecular weight is 485 g/mol. The monoisotopic (exact) mass is 484 g/mol. The Morgan fingerprint density at radius 1 is 1.09 bits per heavy atom. The molecule has 0 unspecified atom stereocenters. The third kappa shape index (κ3) is 5.70. The second-order valence-electron chi connectivity index (χ2n) is 12.6. The smallest absolute Gasteiger partial charge is 0.338 e. The van der Waals surface area contributed by atoms with Gasteiger partial charge in [-0.3, -0.25) is 0 Å². The summed E-state index contributed by atoms with van der Waals surface area (Å²) < 4.78 is 13.1. The fourth-order valence-corrected chi connectivity index (χ4v) is 7.47. The van der Waals surface area contributed by atoms with Crippen molar-refractivity contribution in [1.29, 1.82) is 0 Å². The first-order valence-electron chi connectivity index (χ1n) is 13.4. The Hall–Kier alpha value is -1.39. The van der Waals surface area contributed by atoms with E-state index in [0.29, 0.717) is 41.1 Å². The van der Waals surface area contributed by atoms with Crippen LogP contribution in [0.5, 0.6) is 0 Å². The van der Waals surface area contributed by atoms with Crippen molar-refractivity contribution in [2.24, 2.45) is 35.5 Å². The largest absolute Gasteiger partial charge is 0.458 e. The Morgan fingerprint density at radius 3 is 2.32 bits per heavy atom. The van der Waals surface area contributed by atoms with Crippen LogP contribution < -0.4 is 0 Å². The topological polar surface area (TPSA) is 35.5 Å². The van der Waals surface area contributed by atoms with E-state index < -0.39 is 8.32 Å². The van der Waals surface area contributed by atoms with Gasteiger partial charge in [0.15, 0.2) is 8.32 Å². The van der Waals surface area contributed by atoms with Gasteiger partial charge in [-0.15, -0.1) is 0 Å². The lowest BCUT2D eigenvalue weighted by molar-refractivity contribution is -0.0921. The molecule has 190 valence electrons. The lowest BCUT2D eigenvalue weighted by Crippen LogP contribution is -2.53. The number of ether oxygens (including phenoxy) is 1. The van der Waals surface area contributed by atoms with Crippen molar-refractivity contribution in [3.63, 3.8) is 0 Å². The van der Waals surface area contributed by atoms with Gasteiger partial charge in [-0.1, -0.05) is 64.5 Å². The van der Waals surface area contributed by atoms with Gasteiger partial charge in [-0.2, -0.15) is 0 Å². The molecule has 0 N–H and O–H groups in total. The van der Waals surface area contributed by atoms with Crippen molar-refractivity contribution in [3.8, 4) is 0 Å². The van der Waals surface area contributed by atoms with Crippen molar-refractivity contribution < 1.29 is 14.0 Å². The summed E-state index contributed by atoms with van der Waals surface area (Å²) >= 11 is 0. The van der Waals surface area contributed by atoms with E-state index in [-0.39, 0.29) is 17.1 Å². The summed E-state index contributed by atoms with van der Waals surface area (Å²) in [6, 6.07) is 9.47. The van der Waals surface area contributed by atoms with Gasteiger partial charge in [0, 0.05) is 6.61 Å². The summed E-state index contributed by atoms with van der Waals surface area (Å²) in [6.07, 6.45) is 5.51. The number of carbonyl (C=O) groups excluding carboxylic acids is 1. The molecule has 0 aromatic heterocycles. The summed E-state index contributed by atoms with van der Waals surface area (Å²) in [7, 11) is -1.86. The predicted molar refractivity (Wildman–Crippen MR) is 144 cm³/mol. The molecular formula is C30H48O3Si. The van der Waals surface area contributed by atoms with Gasteiger partial charge in [0.05, 0.1) is 5.56 Å². The maximum atomic E-state index is 13.0. The van der Waals surface area contributed by atoms with Crippen LogP contribution in [0.1, 0.15) is 78.1 Å². The number of rotatable bonds is 6. The molecule has 0 aliphatic heterocycles. The van der Waals surface area contributed by atoms with E-state index in [1.807, 2.05) is 30.3 Å². The summed E-state index contributed by atoms with van der Waals surface area (Å²) in [5.41, 5.74) is 2.15. The van der Waals surface area contributed by atoms with Crippen LogP contribution in [0.4, 0.5) is 0 Å². The minimum atomic E-state index is -1.86. The average Bonchev–Trinajstić information content (AvgIpc) is 2.78. The highest BCUT2D eigenvalue weighted by Crippen LogP contribution is 2.54. The summed E-state index contributed by atoms with van der Waals surface area (Å²) in [5.74, 6) is 2.91. The van der Waals surface area contributed by atoms with Crippen LogP contribution >= 0.6 is 0 Å². The van der Waals surface area contributed by atoms with E-state index in [1.54, 1.807) is 0 Å². The molecule has 0 saturated heterocycles. The maximum Gasteiger partial charge on any atom is 0.338 e. The Kier molecular flexibility index (Phi) is 8.56. The van der Waals surface area contributed by atoms with Gasteiger partial charge in [0.1, 0.15) is 6.10 Å². The first-order valence-corrected chi connectivity index (χ1v) is 16.3. The van der Waals surface area contributed by atoms with E-state index in [9.17, 15) is 4.79 Å². The first-order chi connectivity index (χ1) is 15.9. The molecule has 0 heterocycles. The molecule has 4 heteroatoms. The second kappa shape index (κ2) is 10.7. The number of carbonyl (C=O) groups is 1. The molecule has 0 amide bonds. The lowest BCUT2D eigenvalue weighted by Gasteiger charge is -2.54. The highest BCUT2D eigenvalue weighted by Gasteiger charge is 2.51. The van der Waals surface area contributed by atoms with Crippen molar-refractivity contribution in [3.05, 3.63) is 47.5 Å². The highest BCUT2D eigenvalue weighted by molar-refractivity contribution is 6.74. The molecule has 2 saturated carbocycles. The van der Waals surface area contributed by atoms with E-state index in [1.165, 1.54) is 5.57 Å². The predicted octanol–water partition coefficient (Wildman–Crippen LogP) is 8.13. The molecule has 0 bridgehead atoms. The van der Waals surface area contributed by atoms with Crippen LogP contribution in [0.25, 0.3) is 0 Å². The zero-order chi connectivity index (χ0) is 25.3. The van der Waals surface area contributed by atoms with Gasteiger partial charge in [-0.25, -0.2) is 4.79 Å². The number of esters is 1. The zero-order valence-electron chi connectivity index (χ0n) is 23.1. The standard InChI is InChI=1S/C30H48O3Si/c1-10-20(2)27-22(4)18-24-26(33-29(31)23-14-12-11-13-15-23)17-16-21(3)28(24)25(27)19-32-34(8,9)30(5,6)7/h10-15,21-22,24-28H,16-19H2,1-9H3/b20-10-/t21-,22-,24-,25+,26-,27+,28+/m0/s1. The third-order valence-corrected chi connectivity index (χ3v) is 13.9. The number of allylic oxidation sites excluding steroid dienone is 2. The maximum absolute atomic E-state index is 13.0. The molecule has 0 spiro atoms. The van der Waals surface area contributed by atoms with Gasteiger partial charge in [0.25, 0.3) is 0 Å². The van der Waals surface area contributed by atoms with Crippen LogP contribution in [0.15, 0.2) is 42.0 Å². The number of fused-ring (bicyclic) bond motifs is 1. The van der Waals surface area contributed by atoms with Gasteiger partial charge in [-0.05, 0) is 98.9 Å². The molecule has 34 heavy (non-hydrogen) atoms. The van der Waals surface area contributed by atoms with E-state index in [0.717, 1.165) is 25.9 Å². The van der Waals surface area contributed by atoms with Crippen LogP contribution in [-0.4, -0.2) is 27.0 Å². The SMILES string of the molecule is C/C=C(/C)[C@H]1[C@@H](CO[Si](C)(C)C(C)(C)C)[C@H]2[C@@H](C[C@@H]1C)[C@@H](OC(=O)c1ccccc1)CC[C@@H]2C. The lowest BCUT2D eigenvalue weighted by atomic mass is 9.53. The van der Waals surface area contributed by atoms with Crippen molar-refractivity contribution in [2.45, 2.75) is 92.0 Å². The molecule has 3 nitrogen and oxygen atoms in total. The fourth-order valence-electron chi connectivity index (χ4n) is 6.43. The first kappa shape index (κ1) is 27.2. The Morgan fingerprint density at radius 2 is 1.74 bits per heavy atom. The molecule has 2 aliphatic rings. The van der Waals surface area contributed by atoms with Crippen molar-refractivity contribution >= 4 is 14.3 Å². The van der Waals surface area contributed by atoms with Gasteiger partial charge in [0.2, 0.25) is 0 Å². The van der Waals surface area contributed by atoms with E-state index in [2.05, 4.69) is 67.6 Å². The van der Waals surface area contributed by atoms with E-state index in [4.69, 9.17) is 9.16 Å². The molecule has 2 aliphatic carbocycles. The molecule has 3 rings (SSSR count). The second-order valence-corrected chi connectivity index (χ2v) is 17.4. The minimum Gasteiger partial charge on any atom is -0.458 e. The summed E-state index contributed by atoms with van der Waals surface area (Å²) in [5, 5.41) is 0.198. The van der Waals surface area contributed by atoms with Gasteiger partial charge < -0.3 is 9.16 Å². The summed E-state index contributed by atoms with van der Waals surface area (Å²) in [6.45, 7) is 21.8. The van der Waals surface area contributed by atoms with Crippen LogP contribution in [0.2, 0.25) is 18.1 Å². The third-order valence-electron chi connectivity index (χ3n) is 9.44. The molecular weight excluding hydrogens is 436 g/mol. The quantitative estimate of drug-likeness (QED) is 0.232.